The third-order valence-electron chi connectivity index (χ3n) is 1.31. The molecule has 0 aliphatic rings. The zero-order valence-corrected chi connectivity index (χ0v) is 6.32. The van der Waals surface area contributed by atoms with Gasteiger partial charge in [-0.25, -0.2) is 0 Å². The maximum absolute atomic E-state index is 10.8. The summed E-state index contributed by atoms with van der Waals surface area (Å²) < 4.78 is 0. The summed E-state index contributed by atoms with van der Waals surface area (Å²) >= 11 is 0. The molecule has 57 valence electrons. The Kier molecular flexibility index (Phi) is 2.60. The minimum Gasteiger partial charge on any atom is -0.273 e. The monoisotopic (exact) mass is 149 g/mol. The summed E-state index contributed by atoms with van der Waals surface area (Å²) in [6.07, 6.45) is 1.97. The number of carbonyl (C=O) groups is 1. The quantitative estimate of drug-likeness (QED) is 0.610. The molecule has 0 aliphatic carbocycles. The molecule has 0 fully saturated rings. The topological polar surface area (TPSA) is 44.1 Å². The van der Waals surface area contributed by atoms with Crippen LogP contribution in [0.3, 0.4) is 0 Å². The first-order chi connectivity index (χ1) is 5.33. The minimum absolute atomic E-state index is 0.135. The molecule has 1 rings (SSSR count). The summed E-state index contributed by atoms with van der Waals surface area (Å²) in [4.78, 5) is 14.8. The average Bonchev–Trinajstić information content (AvgIpc) is 2.06. The first-order valence-corrected chi connectivity index (χ1v) is 3.35. The van der Waals surface area contributed by atoms with Crippen LogP contribution in [0.5, 0.6) is 0 Å². The highest BCUT2D eigenvalue weighted by Crippen LogP contribution is 1.93. The molecule has 11 heavy (non-hydrogen) atoms. The van der Waals surface area contributed by atoms with Gasteiger partial charge in [0.15, 0.2) is 0 Å². The zero-order chi connectivity index (χ0) is 8.10. The minimum atomic E-state index is -0.135. The highest BCUT2D eigenvalue weighted by molar-refractivity contribution is 5.77. The Balaban J connectivity index is 2.58. The van der Waals surface area contributed by atoms with Gasteiger partial charge in [-0.2, -0.15) is 0 Å². The fourth-order valence-electron chi connectivity index (χ4n) is 0.737. The Hall–Kier alpha value is -1.38. The highest BCUT2D eigenvalue weighted by atomic mass is 16.1. The number of rotatable bonds is 2. The smallest absolute Gasteiger partial charge is 0.246 e. The van der Waals surface area contributed by atoms with Crippen molar-refractivity contribution < 1.29 is 4.79 Å². The van der Waals surface area contributed by atoms with E-state index >= 15 is 0 Å². The van der Waals surface area contributed by atoms with Crippen LogP contribution in [0.25, 0.3) is 0 Å². The summed E-state index contributed by atoms with van der Waals surface area (Å²) in [6.45, 7) is 0. The van der Waals surface area contributed by atoms with E-state index in [1.54, 1.807) is 6.20 Å². The van der Waals surface area contributed by atoms with Crippen LogP contribution in [0.4, 0.5) is 0 Å². The van der Waals surface area contributed by atoms with Crippen molar-refractivity contribution in [2.45, 2.75) is 6.42 Å². The van der Waals surface area contributed by atoms with Crippen LogP contribution in [0.2, 0.25) is 0 Å². The van der Waals surface area contributed by atoms with E-state index in [9.17, 15) is 4.79 Å². The standard InChI is InChI=1S/C8H9N2O/c1-9-8(11)6-7-4-2-3-5-10-7/h2-5H,6H2,1H3. The number of aromatic nitrogens is 1. The van der Waals surface area contributed by atoms with Crippen molar-refractivity contribution >= 4 is 5.91 Å². The van der Waals surface area contributed by atoms with E-state index in [0.29, 0.717) is 6.42 Å². The molecule has 0 unspecified atom stereocenters. The van der Waals surface area contributed by atoms with Crippen molar-refractivity contribution in [2.75, 3.05) is 7.05 Å². The zero-order valence-electron chi connectivity index (χ0n) is 6.32. The van der Waals surface area contributed by atoms with Crippen LogP contribution in [0.15, 0.2) is 24.4 Å². The van der Waals surface area contributed by atoms with Gasteiger partial charge in [0.1, 0.15) is 0 Å². The normalized spacial score (nSPS) is 9.18. The number of pyridine rings is 1. The highest BCUT2D eigenvalue weighted by Gasteiger charge is 2.00. The van der Waals surface area contributed by atoms with Gasteiger partial charge in [-0.3, -0.25) is 15.1 Å². The van der Waals surface area contributed by atoms with Crippen LogP contribution in [-0.2, 0) is 11.2 Å². The summed E-state index contributed by atoms with van der Waals surface area (Å²) in [5.74, 6) is -0.135. The third-order valence-corrected chi connectivity index (χ3v) is 1.31. The van der Waals surface area contributed by atoms with Gasteiger partial charge in [-0.15, -0.1) is 0 Å². The van der Waals surface area contributed by atoms with Gasteiger partial charge in [0.05, 0.1) is 6.42 Å². The van der Waals surface area contributed by atoms with Crippen LogP contribution < -0.4 is 5.32 Å². The fourth-order valence-corrected chi connectivity index (χ4v) is 0.737. The molecular weight excluding hydrogens is 140 g/mol. The predicted octanol–water partition coefficient (Wildman–Crippen LogP) is 0.385. The van der Waals surface area contributed by atoms with Crippen molar-refractivity contribution in [1.29, 1.82) is 0 Å². The van der Waals surface area contributed by atoms with Gasteiger partial charge in [-0.05, 0) is 12.1 Å². The van der Waals surface area contributed by atoms with Crippen LogP contribution in [0, 0.1) is 0 Å². The molecule has 1 aromatic heterocycles. The summed E-state index contributed by atoms with van der Waals surface area (Å²) in [5, 5.41) is 3.50. The molecule has 3 heteroatoms. The Morgan fingerprint density at radius 2 is 2.45 bits per heavy atom. The van der Waals surface area contributed by atoms with Crippen LogP contribution >= 0.6 is 0 Å². The summed E-state index contributed by atoms with van der Waals surface area (Å²) in [5.41, 5.74) is 0.767. The molecule has 0 spiro atoms. The molecular formula is C8H9N2O. The molecule has 0 atom stereocenters. The number of carbonyl (C=O) groups excluding carboxylic acids is 1. The van der Waals surface area contributed by atoms with Crippen LogP contribution in [0.1, 0.15) is 5.69 Å². The van der Waals surface area contributed by atoms with E-state index in [4.69, 9.17) is 0 Å². The molecule has 0 saturated heterocycles. The first-order valence-electron chi connectivity index (χ1n) is 3.35. The van der Waals surface area contributed by atoms with E-state index in [2.05, 4.69) is 10.3 Å². The van der Waals surface area contributed by atoms with E-state index < -0.39 is 0 Å². The SMILES string of the molecule is C[N]C(=O)Cc1ccccn1. The second-order valence-electron chi connectivity index (χ2n) is 2.12. The summed E-state index contributed by atoms with van der Waals surface area (Å²) in [6, 6.07) is 5.48. The number of hydrogen-bond donors (Lipinski definition) is 0. The van der Waals surface area contributed by atoms with E-state index in [1.807, 2.05) is 18.2 Å². The van der Waals surface area contributed by atoms with E-state index in [1.165, 1.54) is 7.05 Å². The molecule has 0 saturated carbocycles. The van der Waals surface area contributed by atoms with Crippen LogP contribution in [-0.4, -0.2) is 17.9 Å². The molecule has 3 nitrogen and oxygen atoms in total. The lowest BCUT2D eigenvalue weighted by atomic mass is 10.2. The van der Waals surface area contributed by atoms with Crippen molar-refractivity contribution in [3.05, 3.63) is 30.1 Å². The van der Waals surface area contributed by atoms with Gasteiger partial charge in [0, 0.05) is 18.9 Å². The Morgan fingerprint density at radius 3 is 3.00 bits per heavy atom. The van der Waals surface area contributed by atoms with Gasteiger partial charge >= 0.3 is 0 Å². The predicted molar refractivity (Wildman–Crippen MR) is 41.0 cm³/mol. The lowest BCUT2D eigenvalue weighted by molar-refractivity contribution is -0.120. The molecule has 1 radical (unpaired) electrons. The number of nitrogens with zero attached hydrogens (tertiary/aromatic N) is 2. The Bertz CT molecular complexity index is 233. The van der Waals surface area contributed by atoms with Crippen molar-refractivity contribution in [3.8, 4) is 0 Å². The van der Waals surface area contributed by atoms with Gasteiger partial charge in [0.2, 0.25) is 5.91 Å². The molecule has 0 N–H and O–H groups in total. The van der Waals surface area contributed by atoms with E-state index in [-0.39, 0.29) is 5.91 Å². The average molecular weight is 149 g/mol. The molecule has 0 aromatic carbocycles. The second-order valence-corrected chi connectivity index (χ2v) is 2.12. The van der Waals surface area contributed by atoms with Crippen molar-refractivity contribution in [3.63, 3.8) is 0 Å². The largest absolute Gasteiger partial charge is 0.273 e. The van der Waals surface area contributed by atoms with E-state index in [0.717, 1.165) is 5.69 Å². The maximum atomic E-state index is 10.8. The number of amides is 1. The lowest BCUT2D eigenvalue weighted by Gasteiger charge is -1.95. The second kappa shape index (κ2) is 3.71. The molecule has 1 heterocycles. The summed E-state index contributed by atoms with van der Waals surface area (Å²) in [7, 11) is 1.49. The lowest BCUT2D eigenvalue weighted by Crippen LogP contribution is -2.13. The molecule has 1 aromatic rings. The Morgan fingerprint density at radius 1 is 1.64 bits per heavy atom. The molecule has 0 bridgehead atoms. The fraction of sp³-hybridized carbons (Fsp3) is 0.250. The molecule has 1 amide bonds. The maximum Gasteiger partial charge on any atom is 0.246 e. The van der Waals surface area contributed by atoms with Crippen molar-refractivity contribution in [2.24, 2.45) is 0 Å². The molecule has 0 aliphatic heterocycles. The Labute approximate surface area is 65.5 Å². The number of hydrogen-bond acceptors (Lipinski definition) is 2. The third kappa shape index (κ3) is 2.37. The first kappa shape index (κ1) is 7.72. The number of likely N-dealkylation sites (N-methyl/N-ethyl adjacent to an activating group) is 1. The van der Waals surface area contributed by atoms with Gasteiger partial charge in [0.25, 0.3) is 0 Å². The van der Waals surface area contributed by atoms with Gasteiger partial charge < -0.3 is 0 Å². The van der Waals surface area contributed by atoms with Crippen molar-refractivity contribution in [1.82, 2.24) is 10.3 Å². The van der Waals surface area contributed by atoms with Gasteiger partial charge in [-0.1, -0.05) is 6.07 Å².